The molecule has 1 fully saturated rings. The molecule has 1 saturated heterocycles. The van der Waals surface area contributed by atoms with Crippen LogP contribution in [0, 0.1) is 19.8 Å². The normalized spacial score (nSPS) is 18.7. The van der Waals surface area contributed by atoms with E-state index in [0.717, 1.165) is 25.9 Å². The number of aryl methyl sites for hydroxylation is 2. The van der Waals surface area contributed by atoms with E-state index < -0.39 is 10.0 Å². The highest BCUT2D eigenvalue weighted by molar-refractivity contribution is 7.89. The van der Waals surface area contributed by atoms with Crippen molar-refractivity contribution in [2.75, 3.05) is 32.8 Å². The highest BCUT2D eigenvalue weighted by Gasteiger charge is 2.21. The lowest BCUT2D eigenvalue weighted by Crippen LogP contribution is -2.41. The van der Waals surface area contributed by atoms with E-state index in [2.05, 4.69) is 14.6 Å². The Hall–Kier alpha value is -1.74. The van der Waals surface area contributed by atoms with Crippen LogP contribution in [-0.2, 0) is 10.0 Å². The fraction of sp³-hybridized carbons (Fsp3) is 0.526. The topological polar surface area (TPSA) is 95.7 Å². The van der Waals surface area contributed by atoms with E-state index in [1.807, 2.05) is 6.07 Å². The molecule has 8 heteroatoms. The SMILES string of the molecule is Cc1ncc(-c2ccc(C)c(S(=O)(=O)NCCN3CCCC(CO)C3)c2)o1. The molecule has 2 N–H and O–H groups in total. The first-order valence-corrected chi connectivity index (χ1v) is 10.7. The summed E-state index contributed by atoms with van der Waals surface area (Å²) in [5.74, 6) is 1.38. The number of piperidine rings is 1. The number of aromatic nitrogens is 1. The maximum atomic E-state index is 12.8. The molecule has 0 saturated carbocycles. The van der Waals surface area contributed by atoms with Gasteiger partial charge < -0.3 is 14.4 Å². The minimum Gasteiger partial charge on any atom is -0.441 e. The van der Waals surface area contributed by atoms with Crippen LogP contribution in [-0.4, -0.2) is 56.2 Å². The number of hydrogen-bond donors (Lipinski definition) is 2. The first kappa shape index (κ1) is 20.0. The fourth-order valence-corrected chi connectivity index (χ4v) is 4.75. The van der Waals surface area contributed by atoms with Gasteiger partial charge in [0.2, 0.25) is 10.0 Å². The number of sulfonamides is 1. The number of nitrogens with zero attached hydrogens (tertiary/aromatic N) is 2. The Labute approximate surface area is 160 Å². The molecular weight excluding hydrogens is 366 g/mol. The summed E-state index contributed by atoms with van der Waals surface area (Å²) < 4.78 is 33.8. The van der Waals surface area contributed by atoms with Gasteiger partial charge in [-0.25, -0.2) is 18.1 Å². The van der Waals surface area contributed by atoms with E-state index in [0.29, 0.717) is 41.8 Å². The summed E-state index contributed by atoms with van der Waals surface area (Å²) in [4.78, 5) is 6.52. The van der Waals surface area contributed by atoms with Gasteiger partial charge >= 0.3 is 0 Å². The molecule has 27 heavy (non-hydrogen) atoms. The van der Waals surface area contributed by atoms with Gasteiger partial charge in [-0.1, -0.05) is 12.1 Å². The van der Waals surface area contributed by atoms with Crippen molar-refractivity contribution in [1.82, 2.24) is 14.6 Å². The summed E-state index contributed by atoms with van der Waals surface area (Å²) in [6.45, 7) is 6.45. The van der Waals surface area contributed by atoms with Gasteiger partial charge in [-0.05, 0) is 43.9 Å². The maximum Gasteiger partial charge on any atom is 0.240 e. The van der Waals surface area contributed by atoms with Crippen molar-refractivity contribution in [1.29, 1.82) is 0 Å². The second kappa shape index (κ2) is 8.52. The lowest BCUT2D eigenvalue weighted by molar-refractivity contribution is 0.122. The van der Waals surface area contributed by atoms with Crippen molar-refractivity contribution in [3.63, 3.8) is 0 Å². The predicted octanol–water partition coefficient (Wildman–Crippen LogP) is 1.94. The van der Waals surface area contributed by atoms with Crippen molar-refractivity contribution in [3.05, 3.63) is 35.9 Å². The molecule has 1 aromatic carbocycles. The first-order valence-electron chi connectivity index (χ1n) is 9.25. The molecule has 148 valence electrons. The summed E-state index contributed by atoms with van der Waals surface area (Å²) in [5.41, 5.74) is 1.36. The van der Waals surface area contributed by atoms with Gasteiger partial charge in [-0.2, -0.15) is 0 Å². The highest BCUT2D eigenvalue weighted by atomic mass is 32.2. The Morgan fingerprint density at radius 1 is 1.37 bits per heavy atom. The molecule has 1 atom stereocenters. The van der Waals surface area contributed by atoms with Gasteiger partial charge in [0, 0.05) is 38.7 Å². The van der Waals surface area contributed by atoms with Crippen LogP contribution in [0.4, 0.5) is 0 Å². The Kier molecular flexibility index (Phi) is 6.31. The lowest BCUT2D eigenvalue weighted by atomic mass is 9.99. The van der Waals surface area contributed by atoms with Crippen LogP contribution in [0.25, 0.3) is 11.3 Å². The zero-order valence-corrected chi connectivity index (χ0v) is 16.6. The van der Waals surface area contributed by atoms with Gasteiger partial charge in [-0.15, -0.1) is 0 Å². The Bertz CT molecular complexity index is 879. The number of oxazole rings is 1. The molecule has 2 aromatic rings. The molecule has 3 rings (SSSR count). The van der Waals surface area contributed by atoms with Crippen molar-refractivity contribution in [3.8, 4) is 11.3 Å². The second-order valence-electron chi connectivity index (χ2n) is 7.11. The van der Waals surface area contributed by atoms with E-state index in [4.69, 9.17) is 4.42 Å². The predicted molar refractivity (Wildman–Crippen MR) is 103 cm³/mol. The standard InChI is InChI=1S/C19H27N3O4S/c1-14-5-6-17(18-11-20-15(2)26-18)10-19(14)27(24,25)21-7-9-22-8-3-4-16(12-22)13-23/h5-6,10-11,16,21,23H,3-4,7-9,12-13H2,1-2H3. The second-order valence-corrected chi connectivity index (χ2v) is 8.85. The van der Waals surface area contributed by atoms with Crippen molar-refractivity contribution in [2.24, 2.45) is 5.92 Å². The fourth-order valence-electron chi connectivity index (χ4n) is 3.46. The van der Waals surface area contributed by atoms with Crippen molar-refractivity contribution in [2.45, 2.75) is 31.6 Å². The summed E-state index contributed by atoms with van der Waals surface area (Å²) >= 11 is 0. The molecule has 0 amide bonds. The van der Waals surface area contributed by atoms with Gasteiger partial charge in [-0.3, -0.25) is 0 Å². The molecule has 0 radical (unpaired) electrons. The third kappa shape index (κ3) is 4.95. The van der Waals surface area contributed by atoms with Crippen LogP contribution in [0.15, 0.2) is 33.7 Å². The molecule has 1 unspecified atom stereocenters. The van der Waals surface area contributed by atoms with Crippen LogP contribution in [0.5, 0.6) is 0 Å². The molecule has 1 aliphatic rings. The number of aliphatic hydroxyl groups is 1. The average molecular weight is 394 g/mol. The molecular formula is C19H27N3O4S. The van der Waals surface area contributed by atoms with Gasteiger partial charge in [0.1, 0.15) is 0 Å². The zero-order valence-electron chi connectivity index (χ0n) is 15.8. The summed E-state index contributed by atoms with van der Waals surface area (Å²) in [5, 5.41) is 9.31. The summed E-state index contributed by atoms with van der Waals surface area (Å²) in [6.07, 6.45) is 3.67. The summed E-state index contributed by atoms with van der Waals surface area (Å²) in [7, 11) is -3.62. The number of likely N-dealkylation sites (tertiary alicyclic amines) is 1. The Balaban J connectivity index is 1.67. The number of rotatable bonds is 7. The van der Waals surface area contributed by atoms with E-state index in [-0.39, 0.29) is 11.5 Å². The number of aliphatic hydroxyl groups excluding tert-OH is 1. The molecule has 2 heterocycles. The maximum absolute atomic E-state index is 12.8. The Morgan fingerprint density at radius 2 is 2.19 bits per heavy atom. The minimum absolute atomic E-state index is 0.190. The van der Waals surface area contributed by atoms with E-state index in [1.165, 1.54) is 0 Å². The van der Waals surface area contributed by atoms with Crippen molar-refractivity contribution < 1.29 is 17.9 Å². The quantitative estimate of drug-likeness (QED) is 0.746. The van der Waals surface area contributed by atoms with E-state index in [1.54, 1.807) is 32.2 Å². The molecule has 1 aliphatic heterocycles. The van der Waals surface area contributed by atoms with Crippen LogP contribution >= 0.6 is 0 Å². The third-order valence-corrected chi connectivity index (χ3v) is 6.57. The third-order valence-electron chi connectivity index (χ3n) is 4.96. The van der Waals surface area contributed by atoms with Crippen LogP contribution in [0.2, 0.25) is 0 Å². The van der Waals surface area contributed by atoms with Gasteiger partial charge in [0.25, 0.3) is 0 Å². The number of hydrogen-bond acceptors (Lipinski definition) is 6. The molecule has 0 aliphatic carbocycles. The minimum atomic E-state index is -3.62. The molecule has 0 spiro atoms. The first-order chi connectivity index (χ1) is 12.9. The molecule has 0 bridgehead atoms. The number of benzene rings is 1. The van der Waals surface area contributed by atoms with Crippen LogP contribution in [0.1, 0.15) is 24.3 Å². The monoisotopic (exact) mass is 393 g/mol. The Morgan fingerprint density at radius 3 is 2.89 bits per heavy atom. The zero-order chi connectivity index (χ0) is 19.4. The van der Waals surface area contributed by atoms with E-state index >= 15 is 0 Å². The van der Waals surface area contributed by atoms with Crippen molar-refractivity contribution >= 4 is 10.0 Å². The number of nitrogens with one attached hydrogen (secondary N) is 1. The van der Waals surface area contributed by atoms with Gasteiger partial charge in [0.15, 0.2) is 11.7 Å². The molecule has 1 aromatic heterocycles. The van der Waals surface area contributed by atoms with Crippen LogP contribution in [0.3, 0.4) is 0 Å². The highest BCUT2D eigenvalue weighted by Crippen LogP contribution is 2.25. The van der Waals surface area contributed by atoms with Gasteiger partial charge in [0.05, 0.1) is 11.1 Å². The van der Waals surface area contributed by atoms with E-state index in [9.17, 15) is 13.5 Å². The molecule has 7 nitrogen and oxygen atoms in total. The summed E-state index contributed by atoms with van der Waals surface area (Å²) in [6, 6.07) is 5.23. The van der Waals surface area contributed by atoms with Crippen LogP contribution < -0.4 is 4.72 Å². The largest absolute Gasteiger partial charge is 0.441 e. The lowest BCUT2D eigenvalue weighted by Gasteiger charge is -2.31. The average Bonchev–Trinajstić information content (AvgIpc) is 3.08. The smallest absolute Gasteiger partial charge is 0.240 e.